The minimum absolute atomic E-state index is 0.278. The molecule has 0 fully saturated rings. The van der Waals surface area contributed by atoms with E-state index in [4.69, 9.17) is 4.74 Å². The van der Waals surface area contributed by atoms with Crippen LogP contribution in [-0.2, 0) is 6.42 Å². The lowest BCUT2D eigenvalue weighted by Gasteiger charge is -2.08. The van der Waals surface area contributed by atoms with E-state index in [-0.39, 0.29) is 11.6 Å². The van der Waals surface area contributed by atoms with Gasteiger partial charge in [0.05, 0.1) is 12.6 Å². The maximum Gasteiger partial charge on any atom is 0.276 e. The van der Waals surface area contributed by atoms with E-state index < -0.39 is 0 Å². The van der Waals surface area contributed by atoms with Crippen molar-refractivity contribution in [2.45, 2.75) is 6.42 Å². The zero-order valence-corrected chi connectivity index (χ0v) is 15.1. The van der Waals surface area contributed by atoms with E-state index in [1.165, 1.54) is 11.3 Å². The Labute approximate surface area is 149 Å². The molecule has 3 rings (SSSR count). The minimum atomic E-state index is -0.334. The van der Waals surface area contributed by atoms with E-state index in [2.05, 4.69) is 25.4 Å². The van der Waals surface area contributed by atoms with E-state index in [1.807, 2.05) is 38.4 Å². The van der Waals surface area contributed by atoms with Crippen molar-refractivity contribution in [2.75, 3.05) is 33.1 Å². The number of para-hydroxylation sites is 1. The van der Waals surface area contributed by atoms with Gasteiger partial charge in [-0.2, -0.15) is 0 Å². The van der Waals surface area contributed by atoms with Crippen LogP contribution in [0.15, 0.2) is 30.3 Å². The van der Waals surface area contributed by atoms with Crippen LogP contribution in [0.5, 0.6) is 5.75 Å². The summed E-state index contributed by atoms with van der Waals surface area (Å²) in [7, 11) is 5.58. The fourth-order valence-electron chi connectivity index (χ4n) is 2.31. The molecule has 3 aromatic rings. The highest BCUT2D eigenvalue weighted by molar-refractivity contribution is 7.15. The quantitative estimate of drug-likeness (QED) is 0.730. The third kappa shape index (κ3) is 4.09. The third-order valence-electron chi connectivity index (χ3n) is 3.59. The topological polar surface area (TPSA) is 80.2 Å². The van der Waals surface area contributed by atoms with Crippen molar-refractivity contribution in [3.05, 3.63) is 41.0 Å². The number of hydrogen-bond acceptors (Lipinski definition) is 7. The monoisotopic (exact) mass is 357 g/mol. The number of pyridine rings is 1. The van der Waals surface area contributed by atoms with Crippen LogP contribution in [0.2, 0.25) is 0 Å². The van der Waals surface area contributed by atoms with Gasteiger partial charge in [-0.25, -0.2) is 4.98 Å². The van der Waals surface area contributed by atoms with Gasteiger partial charge in [-0.05, 0) is 26.2 Å². The average molecular weight is 357 g/mol. The molecule has 0 atom stereocenters. The van der Waals surface area contributed by atoms with Crippen molar-refractivity contribution >= 4 is 33.3 Å². The van der Waals surface area contributed by atoms with E-state index in [1.54, 1.807) is 13.2 Å². The summed E-state index contributed by atoms with van der Waals surface area (Å²) in [6.45, 7) is 0.881. The van der Waals surface area contributed by atoms with Crippen LogP contribution >= 0.6 is 11.3 Å². The molecule has 2 heterocycles. The molecule has 0 saturated carbocycles. The first kappa shape index (κ1) is 17.2. The van der Waals surface area contributed by atoms with Gasteiger partial charge in [0, 0.05) is 24.4 Å². The Bertz CT molecular complexity index is 894. The summed E-state index contributed by atoms with van der Waals surface area (Å²) in [5, 5.41) is 13.1. The van der Waals surface area contributed by atoms with Gasteiger partial charge in [-0.1, -0.05) is 23.5 Å². The molecule has 0 unspecified atom stereocenters. The molecule has 0 radical (unpaired) electrons. The Balaban J connectivity index is 1.78. The number of nitrogens with zero attached hydrogens (tertiary/aromatic N) is 4. The molecule has 0 aliphatic heterocycles. The Hall–Kier alpha value is -2.58. The first-order chi connectivity index (χ1) is 12.1. The first-order valence-corrected chi connectivity index (χ1v) is 8.60. The fraction of sp³-hybridized carbons (Fsp3) is 0.294. The number of carbonyl (C=O) groups is 1. The molecule has 0 saturated heterocycles. The SMILES string of the molecule is COc1cc(C(=O)Nc2nnc(CCN(C)C)s2)nc2ccccc12. The third-order valence-corrected chi connectivity index (χ3v) is 4.49. The summed E-state index contributed by atoms with van der Waals surface area (Å²) in [6.07, 6.45) is 0.794. The first-order valence-electron chi connectivity index (χ1n) is 7.79. The number of carbonyl (C=O) groups excluding carboxylic acids is 1. The number of methoxy groups -OCH3 is 1. The van der Waals surface area contributed by atoms with Crippen LogP contribution in [0.3, 0.4) is 0 Å². The average Bonchev–Trinajstić information content (AvgIpc) is 3.06. The lowest BCUT2D eigenvalue weighted by Crippen LogP contribution is -2.14. The van der Waals surface area contributed by atoms with Crippen LogP contribution in [0, 0.1) is 0 Å². The predicted molar refractivity (Wildman–Crippen MR) is 98.4 cm³/mol. The second-order valence-electron chi connectivity index (χ2n) is 5.74. The Morgan fingerprint density at radius 3 is 2.84 bits per heavy atom. The van der Waals surface area contributed by atoms with Crippen LogP contribution in [-0.4, -0.2) is 53.7 Å². The summed E-state index contributed by atoms with van der Waals surface area (Å²) in [6, 6.07) is 9.16. The van der Waals surface area contributed by atoms with Gasteiger partial charge in [0.1, 0.15) is 16.5 Å². The van der Waals surface area contributed by atoms with Crippen molar-refractivity contribution in [1.82, 2.24) is 20.1 Å². The Kier molecular flexibility index (Phi) is 5.20. The molecule has 2 aromatic heterocycles. The Morgan fingerprint density at radius 2 is 2.08 bits per heavy atom. The van der Waals surface area contributed by atoms with Crippen LogP contribution in [0.1, 0.15) is 15.5 Å². The molecule has 0 bridgehead atoms. The second kappa shape index (κ2) is 7.54. The molecule has 130 valence electrons. The standard InChI is InChI=1S/C17H19N5O2S/c1-22(2)9-8-15-20-21-17(25-15)19-16(23)13-10-14(24-3)11-6-4-5-7-12(11)18-13/h4-7,10H,8-9H2,1-3H3,(H,19,21,23). The number of benzene rings is 1. The van der Waals surface area contributed by atoms with E-state index >= 15 is 0 Å². The van der Waals surface area contributed by atoms with Gasteiger partial charge in [0.25, 0.3) is 5.91 Å². The molecular formula is C17H19N5O2S. The molecule has 8 heteroatoms. The zero-order chi connectivity index (χ0) is 17.8. The number of aromatic nitrogens is 3. The van der Waals surface area contributed by atoms with Crippen LogP contribution < -0.4 is 10.1 Å². The number of likely N-dealkylation sites (N-methyl/N-ethyl adjacent to an activating group) is 1. The summed E-state index contributed by atoms with van der Waals surface area (Å²) < 4.78 is 5.38. The molecule has 7 nitrogen and oxygen atoms in total. The van der Waals surface area contributed by atoms with Gasteiger partial charge in [-0.15, -0.1) is 10.2 Å². The maximum atomic E-state index is 12.5. The minimum Gasteiger partial charge on any atom is -0.496 e. The van der Waals surface area contributed by atoms with Crippen molar-refractivity contribution in [3.63, 3.8) is 0 Å². The fourth-order valence-corrected chi connectivity index (χ4v) is 3.04. The molecule has 0 aliphatic rings. The second-order valence-corrected chi connectivity index (χ2v) is 6.80. The lowest BCUT2D eigenvalue weighted by atomic mass is 10.2. The highest BCUT2D eigenvalue weighted by atomic mass is 32.1. The largest absolute Gasteiger partial charge is 0.496 e. The summed E-state index contributed by atoms with van der Waals surface area (Å²) in [5.41, 5.74) is 0.983. The highest BCUT2D eigenvalue weighted by Crippen LogP contribution is 2.25. The number of anilines is 1. The predicted octanol–water partition coefficient (Wildman–Crippen LogP) is 2.45. The molecule has 0 spiro atoms. The number of ether oxygens (including phenoxy) is 1. The van der Waals surface area contributed by atoms with Crippen molar-refractivity contribution in [1.29, 1.82) is 0 Å². The summed E-state index contributed by atoms with van der Waals surface area (Å²) in [4.78, 5) is 19.0. The van der Waals surface area contributed by atoms with Gasteiger partial charge in [0.15, 0.2) is 0 Å². The molecular weight excluding hydrogens is 338 g/mol. The molecule has 25 heavy (non-hydrogen) atoms. The molecule has 1 amide bonds. The number of rotatable bonds is 6. The summed E-state index contributed by atoms with van der Waals surface area (Å²) in [5.74, 6) is 0.277. The zero-order valence-electron chi connectivity index (χ0n) is 14.3. The molecule has 0 aliphatic carbocycles. The number of nitrogens with one attached hydrogen (secondary N) is 1. The van der Waals surface area contributed by atoms with Crippen LogP contribution in [0.4, 0.5) is 5.13 Å². The van der Waals surface area contributed by atoms with E-state index in [0.717, 1.165) is 23.4 Å². The van der Waals surface area contributed by atoms with E-state index in [0.29, 0.717) is 16.4 Å². The summed E-state index contributed by atoms with van der Waals surface area (Å²) >= 11 is 1.37. The van der Waals surface area contributed by atoms with Crippen LogP contribution in [0.25, 0.3) is 10.9 Å². The van der Waals surface area contributed by atoms with E-state index in [9.17, 15) is 4.79 Å². The van der Waals surface area contributed by atoms with Crippen molar-refractivity contribution < 1.29 is 9.53 Å². The number of amides is 1. The number of hydrogen-bond donors (Lipinski definition) is 1. The normalized spacial score (nSPS) is 11.0. The maximum absolute atomic E-state index is 12.5. The van der Waals surface area contributed by atoms with Gasteiger partial charge >= 0.3 is 0 Å². The van der Waals surface area contributed by atoms with Crippen molar-refractivity contribution in [2.24, 2.45) is 0 Å². The van der Waals surface area contributed by atoms with Gasteiger partial charge in [-0.3, -0.25) is 10.1 Å². The highest BCUT2D eigenvalue weighted by Gasteiger charge is 2.15. The lowest BCUT2D eigenvalue weighted by molar-refractivity contribution is 0.102. The van der Waals surface area contributed by atoms with Gasteiger partial charge in [0.2, 0.25) is 5.13 Å². The molecule has 1 aromatic carbocycles. The molecule has 1 N–H and O–H groups in total. The smallest absolute Gasteiger partial charge is 0.276 e. The van der Waals surface area contributed by atoms with Crippen molar-refractivity contribution in [3.8, 4) is 5.75 Å². The Morgan fingerprint density at radius 1 is 1.28 bits per heavy atom. The number of fused-ring (bicyclic) bond motifs is 1. The van der Waals surface area contributed by atoms with Gasteiger partial charge < -0.3 is 9.64 Å².